The molecule has 1 saturated heterocycles. The highest BCUT2D eigenvalue weighted by Gasteiger charge is 2.27. The van der Waals surface area contributed by atoms with Gasteiger partial charge in [-0.3, -0.25) is 4.79 Å². The zero-order valence-electron chi connectivity index (χ0n) is 13.2. The predicted molar refractivity (Wildman–Crippen MR) is 90.8 cm³/mol. The summed E-state index contributed by atoms with van der Waals surface area (Å²) in [4.78, 5) is 18.9. The lowest BCUT2D eigenvalue weighted by atomic mass is 10.1. The Labute approximate surface area is 140 Å². The second-order valence-electron chi connectivity index (χ2n) is 5.73. The van der Waals surface area contributed by atoms with Crippen LogP contribution in [0, 0.1) is 5.92 Å². The first-order valence-electron chi connectivity index (χ1n) is 7.80. The lowest BCUT2D eigenvalue weighted by Gasteiger charge is -2.18. The van der Waals surface area contributed by atoms with Crippen LogP contribution in [0.5, 0.6) is 5.75 Å². The number of likely N-dealkylation sites (tertiary alicyclic amines) is 1. The van der Waals surface area contributed by atoms with E-state index in [0.717, 1.165) is 31.7 Å². The summed E-state index contributed by atoms with van der Waals surface area (Å²) >= 11 is 1.54. The van der Waals surface area contributed by atoms with Crippen LogP contribution in [0.25, 0.3) is 0 Å². The lowest BCUT2D eigenvalue weighted by molar-refractivity contribution is 0.0782. The van der Waals surface area contributed by atoms with E-state index in [1.165, 1.54) is 11.3 Å². The zero-order chi connectivity index (χ0) is 16.1. The Morgan fingerprint density at radius 1 is 1.48 bits per heavy atom. The third-order valence-corrected chi connectivity index (χ3v) is 4.68. The molecule has 6 heteroatoms. The summed E-state index contributed by atoms with van der Waals surface area (Å²) in [5, 5.41) is 5.14. The summed E-state index contributed by atoms with van der Waals surface area (Å²) < 4.78 is 5.82. The molecule has 1 fully saturated rings. The van der Waals surface area contributed by atoms with Gasteiger partial charge in [-0.2, -0.15) is 0 Å². The van der Waals surface area contributed by atoms with Gasteiger partial charge in [-0.25, -0.2) is 4.98 Å². The van der Waals surface area contributed by atoms with Crippen molar-refractivity contribution in [3.8, 4) is 5.75 Å². The Bertz CT molecular complexity index is 645. The number of ether oxygens (including phenoxy) is 1. The number of hydrogen-bond donors (Lipinski definition) is 1. The topological polar surface area (TPSA) is 54.5 Å². The van der Waals surface area contributed by atoms with E-state index in [-0.39, 0.29) is 5.91 Å². The van der Waals surface area contributed by atoms with Gasteiger partial charge >= 0.3 is 0 Å². The van der Waals surface area contributed by atoms with Gasteiger partial charge in [-0.05, 0) is 38.1 Å². The molecule has 1 aliphatic heterocycles. The maximum Gasteiger partial charge on any atom is 0.257 e. The van der Waals surface area contributed by atoms with Crippen LogP contribution in [0.2, 0.25) is 0 Å². The summed E-state index contributed by atoms with van der Waals surface area (Å²) in [7, 11) is 1.95. The summed E-state index contributed by atoms with van der Waals surface area (Å²) in [6.45, 7) is 2.95. The number of aromatic nitrogens is 1. The molecule has 1 amide bonds. The van der Waals surface area contributed by atoms with Crippen LogP contribution < -0.4 is 10.1 Å². The van der Waals surface area contributed by atoms with Gasteiger partial charge in [0, 0.05) is 18.5 Å². The van der Waals surface area contributed by atoms with Crippen molar-refractivity contribution in [1.29, 1.82) is 0 Å². The molecular formula is C17H21N3O2S. The molecule has 0 aliphatic carbocycles. The molecule has 1 aliphatic rings. The van der Waals surface area contributed by atoms with Gasteiger partial charge in [0.25, 0.3) is 5.91 Å². The van der Waals surface area contributed by atoms with Gasteiger partial charge in [0.1, 0.15) is 12.4 Å². The van der Waals surface area contributed by atoms with Crippen molar-refractivity contribution in [3.63, 3.8) is 0 Å². The molecule has 5 nitrogen and oxygen atoms in total. The van der Waals surface area contributed by atoms with E-state index < -0.39 is 0 Å². The minimum atomic E-state index is 0.0532. The van der Waals surface area contributed by atoms with E-state index in [0.29, 0.717) is 23.8 Å². The van der Waals surface area contributed by atoms with Crippen molar-refractivity contribution in [1.82, 2.24) is 15.2 Å². The number of nitrogens with zero attached hydrogens (tertiary/aromatic N) is 2. The third kappa shape index (κ3) is 3.89. The molecule has 1 atom stereocenters. The Morgan fingerprint density at radius 2 is 2.35 bits per heavy atom. The highest BCUT2D eigenvalue weighted by molar-refractivity contribution is 7.07. The van der Waals surface area contributed by atoms with Gasteiger partial charge in [0.05, 0.1) is 16.8 Å². The zero-order valence-corrected chi connectivity index (χ0v) is 14.0. The van der Waals surface area contributed by atoms with E-state index in [1.54, 1.807) is 5.51 Å². The van der Waals surface area contributed by atoms with E-state index in [4.69, 9.17) is 4.74 Å². The van der Waals surface area contributed by atoms with E-state index >= 15 is 0 Å². The molecule has 0 radical (unpaired) electrons. The number of carbonyl (C=O) groups is 1. The van der Waals surface area contributed by atoms with Gasteiger partial charge in [-0.15, -0.1) is 11.3 Å². The highest BCUT2D eigenvalue weighted by Crippen LogP contribution is 2.24. The SMILES string of the molecule is CNC[C@H]1CCN(C(=O)c2ccccc2OCc2cscn2)C1. The minimum Gasteiger partial charge on any atom is -0.486 e. The normalized spacial score (nSPS) is 17.4. The van der Waals surface area contributed by atoms with E-state index in [1.807, 2.05) is 41.6 Å². The maximum atomic E-state index is 12.8. The summed E-state index contributed by atoms with van der Waals surface area (Å²) in [6, 6.07) is 7.45. The van der Waals surface area contributed by atoms with Gasteiger partial charge < -0.3 is 15.0 Å². The Morgan fingerprint density at radius 3 is 3.13 bits per heavy atom. The van der Waals surface area contributed by atoms with Crippen LogP contribution in [-0.2, 0) is 6.61 Å². The summed E-state index contributed by atoms with van der Waals surface area (Å²) in [5.41, 5.74) is 3.29. The second-order valence-corrected chi connectivity index (χ2v) is 6.45. The molecule has 2 aromatic rings. The molecule has 1 aromatic carbocycles. The van der Waals surface area contributed by atoms with E-state index in [2.05, 4.69) is 10.3 Å². The van der Waals surface area contributed by atoms with Crippen LogP contribution >= 0.6 is 11.3 Å². The van der Waals surface area contributed by atoms with E-state index in [9.17, 15) is 4.79 Å². The van der Waals surface area contributed by atoms with Crippen molar-refractivity contribution in [3.05, 3.63) is 46.4 Å². The monoisotopic (exact) mass is 331 g/mol. The van der Waals surface area contributed by atoms with Crippen LogP contribution in [-0.4, -0.2) is 42.5 Å². The fraction of sp³-hybridized carbons (Fsp3) is 0.412. The molecule has 0 spiro atoms. The van der Waals surface area contributed by atoms with Crippen LogP contribution in [0.4, 0.5) is 0 Å². The van der Waals surface area contributed by atoms with Crippen molar-refractivity contribution in [2.24, 2.45) is 5.92 Å². The second kappa shape index (κ2) is 7.57. The number of nitrogens with one attached hydrogen (secondary N) is 1. The fourth-order valence-corrected chi connectivity index (χ4v) is 3.42. The van der Waals surface area contributed by atoms with Crippen LogP contribution in [0.15, 0.2) is 35.2 Å². The van der Waals surface area contributed by atoms with Crippen molar-refractivity contribution in [2.45, 2.75) is 13.0 Å². The molecule has 0 unspecified atom stereocenters. The molecule has 122 valence electrons. The fourth-order valence-electron chi connectivity index (χ4n) is 2.87. The Hall–Kier alpha value is -1.92. The molecule has 23 heavy (non-hydrogen) atoms. The average molecular weight is 331 g/mol. The highest BCUT2D eigenvalue weighted by atomic mass is 32.1. The predicted octanol–water partition coefficient (Wildman–Crippen LogP) is 2.40. The molecular weight excluding hydrogens is 310 g/mol. The van der Waals surface area contributed by atoms with Crippen LogP contribution in [0.1, 0.15) is 22.5 Å². The number of hydrogen-bond acceptors (Lipinski definition) is 5. The van der Waals surface area contributed by atoms with Gasteiger partial charge in [-0.1, -0.05) is 12.1 Å². The van der Waals surface area contributed by atoms with Gasteiger partial charge in [0.15, 0.2) is 0 Å². The van der Waals surface area contributed by atoms with Crippen LogP contribution in [0.3, 0.4) is 0 Å². The quantitative estimate of drug-likeness (QED) is 0.883. The van der Waals surface area contributed by atoms with Crippen molar-refractivity contribution in [2.75, 3.05) is 26.7 Å². The molecule has 1 N–H and O–H groups in total. The maximum absolute atomic E-state index is 12.8. The van der Waals surface area contributed by atoms with Gasteiger partial charge in [0.2, 0.25) is 0 Å². The first-order chi connectivity index (χ1) is 11.3. The molecule has 2 heterocycles. The lowest BCUT2D eigenvalue weighted by Crippen LogP contribution is -2.30. The number of rotatable bonds is 6. The largest absolute Gasteiger partial charge is 0.486 e. The Balaban J connectivity index is 1.68. The van der Waals surface area contributed by atoms with Crippen molar-refractivity contribution >= 4 is 17.2 Å². The number of benzene rings is 1. The standard InChI is InChI=1S/C17H21N3O2S/c1-18-8-13-6-7-20(9-13)17(21)15-4-2-3-5-16(15)22-10-14-11-23-12-19-14/h2-5,11-13,18H,6-10H2,1H3/t13-/m1/s1. The number of carbonyl (C=O) groups excluding carboxylic acids is 1. The third-order valence-electron chi connectivity index (χ3n) is 4.04. The number of para-hydroxylation sites is 1. The molecule has 0 saturated carbocycles. The summed E-state index contributed by atoms with van der Waals surface area (Å²) in [5.74, 6) is 1.21. The molecule has 3 rings (SSSR count). The Kier molecular flexibility index (Phi) is 5.25. The smallest absolute Gasteiger partial charge is 0.257 e. The summed E-state index contributed by atoms with van der Waals surface area (Å²) in [6.07, 6.45) is 1.05. The van der Waals surface area contributed by atoms with Crippen molar-refractivity contribution < 1.29 is 9.53 Å². The molecule has 1 aromatic heterocycles. The first kappa shape index (κ1) is 16.0. The molecule has 0 bridgehead atoms. The number of thiazole rings is 1. The number of amides is 1. The average Bonchev–Trinajstić information content (AvgIpc) is 3.25. The minimum absolute atomic E-state index is 0.0532. The first-order valence-corrected chi connectivity index (χ1v) is 8.75.